The topological polar surface area (TPSA) is 96.0 Å². The van der Waals surface area contributed by atoms with Crippen LogP contribution in [0, 0.1) is 5.92 Å². The number of hydrogen-bond acceptors (Lipinski definition) is 5. The third-order valence-corrected chi connectivity index (χ3v) is 3.86. The Labute approximate surface area is 133 Å². The summed E-state index contributed by atoms with van der Waals surface area (Å²) in [6.45, 7) is 3.87. The van der Waals surface area contributed by atoms with Gasteiger partial charge in [-0.3, -0.25) is 9.59 Å². The molecule has 1 aromatic carbocycles. The molecule has 2 heterocycles. The molecule has 23 heavy (non-hydrogen) atoms. The van der Waals surface area contributed by atoms with Crippen LogP contribution >= 0.6 is 0 Å². The Bertz CT molecular complexity index is 746. The fourth-order valence-corrected chi connectivity index (χ4v) is 2.65. The van der Waals surface area contributed by atoms with Crippen molar-refractivity contribution >= 4 is 28.5 Å². The highest BCUT2D eigenvalue weighted by Crippen LogP contribution is 2.20. The van der Waals surface area contributed by atoms with E-state index in [1.165, 1.54) is 6.33 Å². The van der Waals surface area contributed by atoms with Crippen LogP contribution in [0.4, 0.5) is 5.82 Å². The Morgan fingerprint density at radius 1 is 1.39 bits per heavy atom. The molecule has 0 bridgehead atoms. The van der Waals surface area contributed by atoms with E-state index < -0.39 is 0 Å². The van der Waals surface area contributed by atoms with Gasteiger partial charge < -0.3 is 16.0 Å². The maximum absolute atomic E-state index is 12.3. The second-order valence-electron chi connectivity index (χ2n) is 5.57. The highest BCUT2D eigenvalue weighted by Gasteiger charge is 2.21. The molecule has 3 rings (SSSR count). The van der Waals surface area contributed by atoms with Gasteiger partial charge in [0.2, 0.25) is 5.91 Å². The minimum atomic E-state index is -0.158. The fraction of sp³-hybridized carbons (Fsp3) is 0.375. The molecule has 1 fully saturated rings. The summed E-state index contributed by atoms with van der Waals surface area (Å²) >= 11 is 0. The first-order valence-corrected chi connectivity index (χ1v) is 7.71. The quantitative estimate of drug-likeness (QED) is 0.763. The predicted molar refractivity (Wildman–Crippen MR) is 87.2 cm³/mol. The van der Waals surface area contributed by atoms with Crippen LogP contribution in [0.5, 0.6) is 0 Å². The minimum absolute atomic E-state index is 0.0441. The van der Waals surface area contributed by atoms with Crippen molar-refractivity contribution in [3.05, 3.63) is 30.1 Å². The number of aromatic nitrogens is 2. The molecule has 0 spiro atoms. The summed E-state index contributed by atoms with van der Waals surface area (Å²) in [5.41, 5.74) is 1.28. The number of amides is 2. The number of nitrogens with one attached hydrogen (secondary N) is 3. The number of rotatable bonds is 5. The van der Waals surface area contributed by atoms with Crippen LogP contribution in [0.3, 0.4) is 0 Å². The first-order chi connectivity index (χ1) is 11.2. The molecule has 1 atom stereocenters. The zero-order valence-corrected chi connectivity index (χ0v) is 12.9. The Morgan fingerprint density at radius 3 is 3.00 bits per heavy atom. The SMILES string of the molecule is CCNc1ncnc2cc(C(=O)NCC3CNC(=O)C3)ccc12. The van der Waals surface area contributed by atoms with Crippen LogP contribution in [0.2, 0.25) is 0 Å². The Hall–Kier alpha value is -2.70. The van der Waals surface area contributed by atoms with Gasteiger partial charge in [0, 0.05) is 42.9 Å². The molecule has 0 aliphatic carbocycles. The van der Waals surface area contributed by atoms with E-state index in [4.69, 9.17) is 0 Å². The van der Waals surface area contributed by atoms with E-state index >= 15 is 0 Å². The number of carbonyl (C=O) groups excluding carboxylic acids is 2. The maximum atomic E-state index is 12.3. The number of anilines is 1. The molecule has 1 aliphatic rings. The average molecular weight is 313 g/mol. The average Bonchev–Trinajstić information content (AvgIpc) is 2.98. The van der Waals surface area contributed by atoms with E-state index in [0.29, 0.717) is 25.1 Å². The number of nitrogens with zero attached hydrogens (tertiary/aromatic N) is 2. The van der Waals surface area contributed by atoms with Gasteiger partial charge in [0.05, 0.1) is 5.52 Å². The van der Waals surface area contributed by atoms with Crippen molar-refractivity contribution in [3.63, 3.8) is 0 Å². The molecular weight excluding hydrogens is 294 g/mol. The molecule has 2 amide bonds. The van der Waals surface area contributed by atoms with Crippen LogP contribution in [0.15, 0.2) is 24.5 Å². The van der Waals surface area contributed by atoms with Crippen LogP contribution in [0.1, 0.15) is 23.7 Å². The molecule has 1 saturated heterocycles. The van der Waals surface area contributed by atoms with Crippen molar-refractivity contribution in [2.24, 2.45) is 5.92 Å². The summed E-state index contributed by atoms with van der Waals surface area (Å²) in [5.74, 6) is 0.812. The van der Waals surface area contributed by atoms with Gasteiger partial charge in [-0.15, -0.1) is 0 Å². The summed E-state index contributed by atoms with van der Waals surface area (Å²) in [6.07, 6.45) is 1.95. The van der Waals surface area contributed by atoms with Crippen LogP contribution in [-0.2, 0) is 4.79 Å². The van der Waals surface area contributed by atoms with Gasteiger partial charge in [-0.1, -0.05) is 0 Å². The Kier molecular flexibility index (Phi) is 4.36. The number of carbonyl (C=O) groups is 2. The van der Waals surface area contributed by atoms with Gasteiger partial charge >= 0.3 is 0 Å². The van der Waals surface area contributed by atoms with Crippen molar-refractivity contribution in [2.45, 2.75) is 13.3 Å². The molecule has 0 radical (unpaired) electrons. The lowest BCUT2D eigenvalue weighted by atomic mass is 10.1. The lowest BCUT2D eigenvalue weighted by Crippen LogP contribution is -2.30. The van der Waals surface area contributed by atoms with E-state index in [9.17, 15) is 9.59 Å². The highest BCUT2D eigenvalue weighted by molar-refractivity contribution is 5.99. The largest absolute Gasteiger partial charge is 0.370 e. The van der Waals surface area contributed by atoms with Crippen molar-refractivity contribution in [1.29, 1.82) is 0 Å². The van der Waals surface area contributed by atoms with Gasteiger partial charge in [0.25, 0.3) is 5.91 Å². The van der Waals surface area contributed by atoms with E-state index in [-0.39, 0.29) is 17.7 Å². The standard InChI is InChI=1S/C16H19N5O2/c1-2-17-15-12-4-3-11(6-13(12)20-9-21-15)16(23)19-8-10-5-14(22)18-7-10/h3-4,6,9-10H,2,5,7-8H2,1H3,(H,18,22)(H,19,23)(H,17,20,21). The second-order valence-corrected chi connectivity index (χ2v) is 5.57. The minimum Gasteiger partial charge on any atom is -0.370 e. The molecule has 120 valence electrons. The van der Waals surface area contributed by atoms with Crippen molar-refractivity contribution in [2.75, 3.05) is 25.0 Å². The number of hydrogen-bond donors (Lipinski definition) is 3. The molecule has 7 heteroatoms. The fourth-order valence-electron chi connectivity index (χ4n) is 2.65. The first-order valence-electron chi connectivity index (χ1n) is 7.71. The molecule has 1 aromatic heterocycles. The molecule has 0 saturated carbocycles. The first kappa shape index (κ1) is 15.2. The third-order valence-electron chi connectivity index (χ3n) is 3.86. The summed E-state index contributed by atoms with van der Waals surface area (Å²) in [5, 5.41) is 9.70. The molecule has 7 nitrogen and oxygen atoms in total. The van der Waals surface area contributed by atoms with Crippen molar-refractivity contribution in [3.8, 4) is 0 Å². The predicted octanol–water partition coefficient (Wildman–Crippen LogP) is 0.927. The van der Waals surface area contributed by atoms with Gasteiger partial charge in [-0.05, 0) is 25.1 Å². The smallest absolute Gasteiger partial charge is 0.251 e. The van der Waals surface area contributed by atoms with Gasteiger partial charge in [0.1, 0.15) is 12.1 Å². The molecule has 1 aliphatic heterocycles. The summed E-state index contributed by atoms with van der Waals surface area (Å²) in [6, 6.07) is 5.37. The summed E-state index contributed by atoms with van der Waals surface area (Å²) in [7, 11) is 0. The lowest BCUT2D eigenvalue weighted by molar-refractivity contribution is -0.119. The number of fused-ring (bicyclic) bond motifs is 1. The van der Waals surface area contributed by atoms with Gasteiger partial charge in [-0.2, -0.15) is 0 Å². The Morgan fingerprint density at radius 2 is 2.26 bits per heavy atom. The van der Waals surface area contributed by atoms with E-state index in [2.05, 4.69) is 25.9 Å². The molecule has 3 N–H and O–H groups in total. The monoisotopic (exact) mass is 313 g/mol. The van der Waals surface area contributed by atoms with Crippen molar-refractivity contribution in [1.82, 2.24) is 20.6 Å². The van der Waals surface area contributed by atoms with E-state index in [1.54, 1.807) is 12.1 Å². The van der Waals surface area contributed by atoms with E-state index in [1.807, 2.05) is 13.0 Å². The third kappa shape index (κ3) is 3.39. The molecule has 1 unspecified atom stereocenters. The summed E-state index contributed by atoms with van der Waals surface area (Å²) in [4.78, 5) is 31.9. The van der Waals surface area contributed by atoms with Crippen LogP contribution < -0.4 is 16.0 Å². The van der Waals surface area contributed by atoms with Crippen LogP contribution in [0.25, 0.3) is 10.9 Å². The van der Waals surface area contributed by atoms with Gasteiger partial charge in [0.15, 0.2) is 0 Å². The molecule has 2 aromatic rings. The number of benzene rings is 1. The summed E-state index contributed by atoms with van der Waals surface area (Å²) < 4.78 is 0. The van der Waals surface area contributed by atoms with Crippen LogP contribution in [-0.4, -0.2) is 41.4 Å². The normalized spacial score (nSPS) is 17.1. The zero-order chi connectivity index (χ0) is 16.2. The highest BCUT2D eigenvalue weighted by atomic mass is 16.2. The van der Waals surface area contributed by atoms with Crippen molar-refractivity contribution < 1.29 is 9.59 Å². The Balaban J connectivity index is 1.72. The lowest BCUT2D eigenvalue weighted by Gasteiger charge is -2.10. The van der Waals surface area contributed by atoms with E-state index in [0.717, 1.165) is 23.3 Å². The zero-order valence-electron chi connectivity index (χ0n) is 12.9. The molecular formula is C16H19N5O2. The second kappa shape index (κ2) is 6.60. The van der Waals surface area contributed by atoms with Gasteiger partial charge in [-0.25, -0.2) is 9.97 Å². The maximum Gasteiger partial charge on any atom is 0.251 e.